The number of halogens is 1. The lowest BCUT2D eigenvalue weighted by atomic mass is 10.2. The second-order valence-electron chi connectivity index (χ2n) is 4.89. The third-order valence-corrected chi connectivity index (χ3v) is 4.60. The van der Waals surface area contributed by atoms with E-state index in [-0.39, 0.29) is 11.5 Å². The Kier molecular flexibility index (Phi) is 4.82. The van der Waals surface area contributed by atoms with Gasteiger partial charge in [-0.05, 0) is 59.8 Å². The van der Waals surface area contributed by atoms with E-state index in [1.165, 1.54) is 23.9 Å². The predicted octanol–water partition coefficient (Wildman–Crippen LogP) is 4.04. The van der Waals surface area contributed by atoms with Crippen LogP contribution in [0.25, 0.3) is 6.08 Å². The maximum atomic E-state index is 12.0. The molecule has 0 atom stereocenters. The Hall–Kier alpha value is -2.38. The maximum Gasteiger partial charge on any atom is 0.335 e. The first-order valence-corrected chi connectivity index (χ1v) is 8.51. The molecule has 5 nitrogen and oxygen atoms in total. The molecule has 0 spiro atoms. The lowest BCUT2D eigenvalue weighted by Gasteiger charge is -1.97. The topological polar surface area (TPSA) is 78.8 Å². The van der Waals surface area contributed by atoms with Crippen LogP contribution in [0.2, 0.25) is 0 Å². The number of hydrogen-bond donors (Lipinski definition) is 2. The van der Waals surface area contributed by atoms with Crippen molar-refractivity contribution in [1.82, 2.24) is 5.32 Å². The molecule has 0 aliphatic carbocycles. The van der Waals surface area contributed by atoms with E-state index in [0.29, 0.717) is 15.8 Å². The van der Waals surface area contributed by atoms with Crippen LogP contribution >= 0.6 is 27.7 Å². The lowest BCUT2D eigenvalue weighted by Crippen LogP contribution is -2.19. The summed E-state index contributed by atoms with van der Waals surface area (Å²) in [5, 5.41) is 12.0. The molecular weight excluding hydrogens is 392 g/mol. The summed E-state index contributed by atoms with van der Waals surface area (Å²) in [7, 11) is 0. The van der Waals surface area contributed by atoms with Gasteiger partial charge in [-0.15, -0.1) is 0 Å². The molecule has 1 saturated heterocycles. The number of carboxylic acid groups (broad SMARTS) is 1. The van der Waals surface area contributed by atoms with E-state index in [1.54, 1.807) is 18.2 Å². The quantitative estimate of drug-likeness (QED) is 0.759. The Balaban J connectivity index is 1.78. The average Bonchev–Trinajstić information content (AvgIpc) is 2.89. The van der Waals surface area contributed by atoms with E-state index in [4.69, 9.17) is 5.11 Å². The summed E-state index contributed by atoms with van der Waals surface area (Å²) in [6, 6.07) is 13.8. The highest BCUT2D eigenvalue weighted by Gasteiger charge is 2.23. The smallest absolute Gasteiger partial charge is 0.335 e. The largest absolute Gasteiger partial charge is 0.478 e. The van der Waals surface area contributed by atoms with Crippen LogP contribution in [0, 0.1) is 0 Å². The molecule has 0 aromatic heterocycles. The van der Waals surface area contributed by atoms with E-state index in [1.807, 2.05) is 24.3 Å². The average molecular weight is 403 g/mol. The zero-order chi connectivity index (χ0) is 17.1. The Bertz CT molecular complexity index is 858. The summed E-state index contributed by atoms with van der Waals surface area (Å²) < 4.78 is 0.972. The molecule has 1 aliphatic rings. The number of amidine groups is 1. The number of aliphatic imine (C=N–C) groups is 1. The summed E-state index contributed by atoms with van der Waals surface area (Å²) in [5.74, 6) is -1.19. The van der Waals surface area contributed by atoms with Crippen molar-refractivity contribution in [3.05, 3.63) is 69.0 Å². The van der Waals surface area contributed by atoms with E-state index in [9.17, 15) is 9.59 Å². The van der Waals surface area contributed by atoms with Gasteiger partial charge < -0.3 is 10.4 Å². The van der Waals surface area contributed by atoms with Gasteiger partial charge in [-0.2, -0.15) is 0 Å². The number of carboxylic acids is 1. The molecule has 2 aromatic carbocycles. The first kappa shape index (κ1) is 16.5. The van der Waals surface area contributed by atoms with Crippen LogP contribution in [0.5, 0.6) is 0 Å². The molecular formula is C17H11BrN2O3S. The van der Waals surface area contributed by atoms with Crippen LogP contribution in [0.1, 0.15) is 15.9 Å². The summed E-state index contributed by atoms with van der Waals surface area (Å²) in [5.41, 5.74) is 1.69. The van der Waals surface area contributed by atoms with Gasteiger partial charge in [0.15, 0.2) is 5.17 Å². The van der Waals surface area contributed by atoms with Crippen LogP contribution < -0.4 is 5.32 Å². The molecule has 2 aromatic rings. The minimum Gasteiger partial charge on any atom is -0.478 e. The third-order valence-electron chi connectivity index (χ3n) is 3.16. The molecule has 1 fully saturated rings. The Morgan fingerprint density at radius 1 is 1.12 bits per heavy atom. The molecule has 1 aliphatic heterocycles. The minimum atomic E-state index is -0.988. The molecule has 2 N–H and O–H groups in total. The van der Waals surface area contributed by atoms with Gasteiger partial charge in [0.1, 0.15) is 0 Å². The van der Waals surface area contributed by atoms with Gasteiger partial charge in [0.2, 0.25) is 0 Å². The highest BCUT2D eigenvalue weighted by molar-refractivity contribution is 9.10. The number of nitrogens with one attached hydrogen (secondary N) is 1. The molecule has 1 amide bonds. The van der Waals surface area contributed by atoms with Gasteiger partial charge in [-0.1, -0.05) is 28.1 Å². The van der Waals surface area contributed by atoms with Crippen molar-refractivity contribution in [2.24, 2.45) is 4.99 Å². The summed E-state index contributed by atoms with van der Waals surface area (Å²) in [6.45, 7) is 0. The van der Waals surface area contributed by atoms with Crippen molar-refractivity contribution in [1.29, 1.82) is 0 Å². The van der Waals surface area contributed by atoms with Gasteiger partial charge in [-0.3, -0.25) is 4.79 Å². The zero-order valence-corrected chi connectivity index (χ0v) is 14.6. The second kappa shape index (κ2) is 7.02. The second-order valence-corrected chi connectivity index (χ2v) is 6.83. The van der Waals surface area contributed by atoms with Crippen LogP contribution in [-0.4, -0.2) is 22.2 Å². The number of nitrogens with zero attached hydrogens (tertiary/aromatic N) is 1. The highest BCUT2D eigenvalue weighted by Crippen LogP contribution is 2.28. The summed E-state index contributed by atoms with van der Waals surface area (Å²) in [6.07, 6.45) is 1.79. The third kappa shape index (κ3) is 3.93. The predicted molar refractivity (Wildman–Crippen MR) is 98.3 cm³/mol. The van der Waals surface area contributed by atoms with Gasteiger partial charge in [0.25, 0.3) is 5.91 Å². The first-order chi connectivity index (χ1) is 11.5. The Morgan fingerprint density at radius 2 is 1.79 bits per heavy atom. The highest BCUT2D eigenvalue weighted by atomic mass is 79.9. The van der Waals surface area contributed by atoms with Gasteiger partial charge in [0.05, 0.1) is 16.2 Å². The van der Waals surface area contributed by atoms with Crippen molar-refractivity contribution in [2.45, 2.75) is 0 Å². The van der Waals surface area contributed by atoms with Gasteiger partial charge in [0, 0.05) is 4.47 Å². The van der Waals surface area contributed by atoms with E-state index < -0.39 is 5.97 Å². The number of carbonyl (C=O) groups is 2. The maximum absolute atomic E-state index is 12.0. The fourth-order valence-electron chi connectivity index (χ4n) is 1.99. The standard InChI is InChI=1S/C17H11BrN2O3S/c18-12-5-1-10(2-6-12)9-14-15(21)20-17(24-14)19-13-7-3-11(4-8-13)16(22)23/h1-9H,(H,22,23)(H,19,20,21)/b14-9-. The van der Waals surface area contributed by atoms with Crippen LogP contribution in [0.3, 0.4) is 0 Å². The number of amides is 1. The fourth-order valence-corrected chi connectivity index (χ4v) is 3.09. The number of hydrogen-bond acceptors (Lipinski definition) is 4. The summed E-state index contributed by atoms with van der Waals surface area (Å²) >= 11 is 4.62. The van der Waals surface area contributed by atoms with Crippen LogP contribution in [0.4, 0.5) is 5.69 Å². The first-order valence-electron chi connectivity index (χ1n) is 6.90. The van der Waals surface area contributed by atoms with Gasteiger partial charge in [-0.25, -0.2) is 9.79 Å². The molecule has 24 heavy (non-hydrogen) atoms. The Morgan fingerprint density at radius 3 is 2.42 bits per heavy atom. The molecule has 0 unspecified atom stereocenters. The molecule has 3 rings (SSSR count). The minimum absolute atomic E-state index is 0.192. The number of carbonyl (C=O) groups excluding carboxylic acids is 1. The monoisotopic (exact) mass is 402 g/mol. The van der Waals surface area contributed by atoms with E-state index in [0.717, 1.165) is 10.0 Å². The number of rotatable bonds is 3. The Labute approximate surface area is 150 Å². The van der Waals surface area contributed by atoms with Gasteiger partial charge >= 0.3 is 5.97 Å². The van der Waals surface area contributed by atoms with Crippen molar-refractivity contribution < 1.29 is 14.7 Å². The van der Waals surface area contributed by atoms with E-state index >= 15 is 0 Å². The molecule has 0 saturated carbocycles. The van der Waals surface area contributed by atoms with E-state index in [2.05, 4.69) is 26.2 Å². The van der Waals surface area contributed by atoms with Crippen LogP contribution in [0.15, 0.2) is 62.9 Å². The van der Waals surface area contributed by atoms with Crippen molar-refractivity contribution >= 4 is 56.5 Å². The SMILES string of the molecule is O=C1NC(=Nc2ccc(C(=O)O)cc2)S/C1=C\c1ccc(Br)cc1. The molecule has 1 heterocycles. The normalized spacial score (nSPS) is 17.3. The van der Waals surface area contributed by atoms with Crippen LogP contribution in [-0.2, 0) is 4.79 Å². The number of benzene rings is 2. The summed E-state index contributed by atoms with van der Waals surface area (Å²) in [4.78, 5) is 27.7. The fraction of sp³-hybridized carbons (Fsp3) is 0. The molecule has 0 bridgehead atoms. The zero-order valence-electron chi connectivity index (χ0n) is 12.2. The van der Waals surface area contributed by atoms with Crippen molar-refractivity contribution in [2.75, 3.05) is 0 Å². The molecule has 7 heteroatoms. The number of thioether (sulfide) groups is 1. The van der Waals surface area contributed by atoms with Crippen molar-refractivity contribution in [3.8, 4) is 0 Å². The number of aromatic carboxylic acids is 1. The molecule has 120 valence electrons. The molecule has 0 radical (unpaired) electrons. The lowest BCUT2D eigenvalue weighted by molar-refractivity contribution is -0.115. The van der Waals surface area contributed by atoms with Crippen molar-refractivity contribution in [3.63, 3.8) is 0 Å².